The number of unbranched alkanes of at least 4 members (excludes halogenated alkanes) is 1. The summed E-state index contributed by atoms with van der Waals surface area (Å²) in [5, 5.41) is 8.34. The molecule has 0 aliphatic rings. The molecule has 0 N–H and O–H groups in total. The fourth-order valence-electron chi connectivity index (χ4n) is 1.90. The van der Waals surface area contributed by atoms with Gasteiger partial charge in [-0.05, 0) is 54.4 Å². The van der Waals surface area contributed by atoms with Crippen molar-refractivity contribution in [1.82, 2.24) is 0 Å². The zero-order valence-electron chi connectivity index (χ0n) is 13.6. The second-order valence-corrected chi connectivity index (χ2v) is 8.15. The van der Waals surface area contributed by atoms with Gasteiger partial charge in [-0.1, -0.05) is 0 Å². The van der Waals surface area contributed by atoms with Gasteiger partial charge in [0.2, 0.25) is 0 Å². The lowest BCUT2D eigenvalue weighted by atomic mass is 10.4. The predicted molar refractivity (Wildman–Crippen MR) is 80.0 cm³/mol. The van der Waals surface area contributed by atoms with Gasteiger partial charge in [0.15, 0.2) is 0 Å². The van der Waals surface area contributed by atoms with Crippen molar-refractivity contribution in [1.29, 1.82) is 5.26 Å². The molecule has 0 aromatic carbocycles. The number of hydrogen-bond donors (Lipinski definition) is 0. The molecule has 0 heterocycles. The minimum absolute atomic E-state index is 0.0644. The Hall–Kier alpha value is -0.613. The Kier molecular flexibility index (Phi) is 9.85. The van der Waals surface area contributed by atoms with E-state index in [0.29, 0.717) is 6.61 Å². The van der Waals surface area contributed by atoms with Gasteiger partial charge in [0.25, 0.3) is 6.26 Å². The summed E-state index contributed by atoms with van der Waals surface area (Å²) in [6, 6.07) is 0.746. The van der Waals surface area contributed by atoms with Gasteiger partial charge >= 0.3 is 8.80 Å². The highest BCUT2D eigenvalue weighted by Crippen LogP contribution is 2.24. The molecule has 0 rings (SSSR count). The molecule has 0 saturated heterocycles. The molecule has 0 aromatic heterocycles. The zero-order valence-corrected chi connectivity index (χ0v) is 14.6. The summed E-state index contributed by atoms with van der Waals surface area (Å²) in [5.41, 5.74) is 0. The molecule has 0 aromatic rings. The van der Waals surface area contributed by atoms with Gasteiger partial charge in [0, 0.05) is 24.4 Å². The summed E-state index contributed by atoms with van der Waals surface area (Å²) in [6.45, 7) is 12.4. The summed E-state index contributed by atoms with van der Waals surface area (Å²) in [7, 11) is -2.68. The van der Waals surface area contributed by atoms with Crippen LogP contribution >= 0.6 is 0 Å². The number of hydrogen-bond acceptors (Lipinski definition) is 5. The van der Waals surface area contributed by atoms with Crippen molar-refractivity contribution in [3.8, 4) is 6.26 Å². The van der Waals surface area contributed by atoms with Crippen LogP contribution in [0.5, 0.6) is 0 Å². The van der Waals surface area contributed by atoms with E-state index in [9.17, 15) is 0 Å². The maximum Gasteiger partial charge on any atom is 0.501 e. The van der Waals surface area contributed by atoms with Crippen LogP contribution in [0, 0.1) is 11.5 Å². The SMILES string of the molecule is CC(C)O[Si](CCCCOC#N)(OC(C)C)OC(C)C. The Morgan fingerprint density at radius 1 is 0.850 bits per heavy atom. The normalized spacial score (nSPS) is 12.2. The van der Waals surface area contributed by atoms with Gasteiger partial charge in [-0.25, -0.2) is 0 Å². The molecule has 0 atom stereocenters. The lowest BCUT2D eigenvalue weighted by Gasteiger charge is -2.34. The van der Waals surface area contributed by atoms with Crippen LogP contribution in [0.3, 0.4) is 0 Å². The molecule has 0 radical (unpaired) electrons. The lowest BCUT2D eigenvalue weighted by molar-refractivity contribution is 0.00264. The third kappa shape index (κ3) is 9.32. The second kappa shape index (κ2) is 10.2. The van der Waals surface area contributed by atoms with E-state index in [1.54, 1.807) is 6.26 Å². The highest BCUT2D eigenvalue weighted by atomic mass is 28.4. The van der Waals surface area contributed by atoms with Gasteiger partial charge in [0.1, 0.15) is 6.61 Å². The highest BCUT2D eigenvalue weighted by molar-refractivity contribution is 6.60. The van der Waals surface area contributed by atoms with E-state index in [4.69, 9.17) is 23.3 Å². The van der Waals surface area contributed by atoms with Crippen LogP contribution in [-0.4, -0.2) is 33.7 Å². The van der Waals surface area contributed by atoms with Crippen molar-refractivity contribution >= 4 is 8.80 Å². The van der Waals surface area contributed by atoms with E-state index >= 15 is 0 Å². The Bertz CT molecular complexity index is 263. The van der Waals surface area contributed by atoms with Gasteiger partial charge in [-0.15, -0.1) is 0 Å². The van der Waals surface area contributed by atoms with Crippen molar-refractivity contribution < 1.29 is 18.0 Å². The molecule has 0 aliphatic carbocycles. The summed E-state index contributed by atoms with van der Waals surface area (Å²) in [6.07, 6.45) is 3.53. The molecule has 5 nitrogen and oxygen atoms in total. The number of ether oxygens (including phenoxy) is 1. The molecule has 0 unspecified atom stereocenters. The van der Waals surface area contributed by atoms with Crippen LogP contribution in [0.15, 0.2) is 0 Å². The fourth-order valence-corrected chi connectivity index (χ4v) is 5.26. The van der Waals surface area contributed by atoms with Crippen LogP contribution in [0.25, 0.3) is 0 Å². The molecule has 0 amide bonds. The standard InChI is InChI=1S/C14H29NO4Si/c1-12(2)17-20(18-13(3)4,19-14(5)6)10-8-7-9-16-11-15/h12-14H,7-10H2,1-6H3. The smallest absolute Gasteiger partial charge is 0.428 e. The van der Waals surface area contributed by atoms with Crippen LogP contribution < -0.4 is 0 Å². The van der Waals surface area contributed by atoms with E-state index in [0.717, 1.165) is 18.9 Å². The van der Waals surface area contributed by atoms with E-state index in [2.05, 4.69) is 0 Å². The quantitative estimate of drug-likeness (QED) is 0.332. The molecule has 0 bridgehead atoms. The topological polar surface area (TPSA) is 60.7 Å². The molecule has 6 heteroatoms. The van der Waals surface area contributed by atoms with Crippen molar-refractivity contribution in [3.63, 3.8) is 0 Å². The van der Waals surface area contributed by atoms with Gasteiger partial charge < -0.3 is 18.0 Å². The van der Waals surface area contributed by atoms with E-state index in [-0.39, 0.29) is 18.3 Å². The summed E-state index contributed by atoms with van der Waals surface area (Å²) < 4.78 is 22.9. The van der Waals surface area contributed by atoms with Crippen molar-refractivity contribution in [2.45, 2.75) is 78.7 Å². The average molecular weight is 303 g/mol. The number of nitrogens with zero attached hydrogens (tertiary/aromatic N) is 1. The minimum atomic E-state index is -2.68. The third-order valence-electron chi connectivity index (χ3n) is 2.29. The maximum atomic E-state index is 8.34. The van der Waals surface area contributed by atoms with E-state index in [1.165, 1.54) is 0 Å². The molecule has 118 valence electrons. The molecule has 0 fully saturated rings. The highest BCUT2D eigenvalue weighted by Gasteiger charge is 2.43. The van der Waals surface area contributed by atoms with Crippen LogP contribution in [0.2, 0.25) is 6.04 Å². The summed E-state index contributed by atoms with van der Waals surface area (Å²) >= 11 is 0. The van der Waals surface area contributed by atoms with Crippen molar-refractivity contribution in [2.75, 3.05) is 6.61 Å². The van der Waals surface area contributed by atoms with E-state index in [1.807, 2.05) is 41.5 Å². The van der Waals surface area contributed by atoms with Gasteiger partial charge in [-0.3, -0.25) is 0 Å². The predicted octanol–water partition coefficient (Wildman–Crippen LogP) is 3.48. The fraction of sp³-hybridized carbons (Fsp3) is 0.929. The lowest BCUT2D eigenvalue weighted by Crippen LogP contribution is -2.50. The Morgan fingerprint density at radius 3 is 1.65 bits per heavy atom. The Balaban J connectivity index is 4.65. The monoisotopic (exact) mass is 303 g/mol. The first kappa shape index (κ1) is 19.4. The minimum Gasteiger partial charge on any atom is -0.428 e. The third-order valence-corrected chi connectivity index (χ3v) is 5.75. The van der Waals surface area contributed by atoms with Gasteiger partial charge in [-0.2, -0.15) is 5.26 Å². The maximum absolute atomic E-state index is 8.34. The molecule has 20 heavy (non-hydrogen) atoms. The first-order valence-electron chi connectivity index (χ1n) is 7.35. The van der Waals surface area contributed by atoms with Crippen LogP contribution in [-0.2, 0) is 18.0 Å². The zero-order chi connectivity index (χ0) is 15.6. The number of nitriles is 1. The second-order valence-electron chi connectivity index (χ2n) is 5.58. The van der Waals surface area contributed by atoms with Crippen molar-refractivity contribution in [2.24, 2.45) is 0 Å². The Morgan fingerprint density at radius 2 is 1.30 bits per heavy atom. The molecule has 0 saturated carbocycles. The molecule has 0 spiro atoms. The molecular formula is C14H29NO4Si. The molecule has 0 aliphatic heterocycles. The first-order valence-corrected chi connectivity index (χ1v) is 9.29. The Labute approximate surface area is 124 Å². The van der Waals surface area contributed by atoms with Crippen LogP contribution in [0.1, 0.15) is 54.4 Å². The molecular weight excluding hydrogens is 274 g/mol. The van der Waals surface area contributed by atoms with Crippen LogP contribution in [0.4, 0.5) is 0 Å². The van der Waals surface area contributed by atoms with E-state index < -0.39 is 8.80 Å². The van der Waals surface area contributed by atoms with Gasteiger partial charge in [0.05, 0.1) is 0 Å². The summed E-state index contributed by atoms with van der Waals surface area (Å²) in [4.78, 5) is 0. The number of rotatable bonds is 11. The first-order chi connectivity index (χ1) is 9.31. The summed E-state index contributed by atoms with van der Waals surface area (Å²) in [5.74, 6) is 0. The average Bonchev–Trinajstić information content (AvgIpc) is 2.25. The largest absolute Gasteiger partial charge is 0.501 e. The van der Waals surface area contributed by atoms with Crippen molar-refractivity contribution in [3.05, 3.63) is 0 Å².